The summed E-state index contributed by atoms with van der Waals surface area (Å²) < 4.78 is 0. The van der Waals surface area contributed by atoms with Crippen LogP contribution in [-0.2, 0) is 31.0 Å². The zero-order valence-electron chi connectivity index (χ0n) is 13.1. The monoisotopic (exact) mass is 314 g/mol. The summed E-state index contributed by atoms with van der Waals surface area (Å²) in [5, 5.41) is 2.30. The molecule has 2 heterocycles. The van der Waals surface area contributed by atoms with Gasteiger partial charge in [0, 0.05) is 18.5 Å². The van der Waals surface area contributed by atoms with Crippen LogP contribution >= 0.6 is 0 Å². The topological polar surface area (TPSA) is 83.6 Å². The maximum Gasteiger partial charge on any atom is 0.249 e. The Labute approximate surface area is 133 Å². The number of hydrogen-bond acceptors (Lipinski definition) is 4. The maximum atomic E-state index is 12.9. The number of benzene rings is 1. The molecule has 1 N–H and O–H groups in total. The van der Waals surface area contributed by atoms with E-state index in [1.807, 2.05) is 6.07 Å². The van der Waals surface area contributed by atoms with Gasteiger partial charge in [0.15, 0.2) is 0 Å². The molecule has 2 aliphatic heterocycles. The molecule has 1 aromatic rings. The third-order valence-corrected chi connectivity index (χ3v) is 4.59. The number of carbonyl (C=O) groups is 4. The van der Waals surface area contributed by atoms with Crippen LogP contribution in [0.2, 0.25) is 0 Å². The zero-order chi connectivity index (χ0) is 16.8. The molecule has 6 nitrogen and oxygen atoms in total. The first-order chi connectivity index (χ1) is 10.9. The number of nitrogens with one attached hydrogen (secondary N) is 1. The molecular weight excluding hydrogens is 296 g/mol. The lowest BCUT2D eigenvalue weighted by Gasteiger charge is -2.31. The Balaban J connectivity index is 2.10. The van der Waals surface area contributed by atoms with Crippen molar-refractivity contribution >= 4 is 29.7 Å². The van der Waals surface area contributed by atoms with E-state index in [-0.39, 0.29) is 24.7 Å². The average Bonchev–Trinajstić information content (AvgIpc) is 2.69. The van der Waals surface area contributed by atoms with Gasteiger partial charge in [0.25, 0.3) is 0 Å². The summed E-state index contributed by atoms with van der Waals surface area (Å²) in [6.45, 7) is 3.60. The predicted molar refractivity (Wildman–Crippen MR) is 82.9 cm³/mol. The number of anilines is 1. The highest BCUT2D eigenvalue weighted by Crippen LogP contribution is 2.45. The van der Waals surface area contributed by atoms with Crippen molar-refractivity contribution in [1.29, 1.82) is 0 Å². The van der Waals surface area contributed by atoms with Crippen molar-refractivity contribution in [3.8, 4) is 0 Å². The molecule has 1 saturated heterocycles. The fourth-order valence-electron chi connectivity index (χ4n) is 3.52. The Morgan fingerprint density at radius 3 is 2.70 bits per heavy atom. The van der Waals surface area contributed by atoms with Gasteiger partial charge in [0.2, 0.25) is 17.7 Å². The minimum atomic E-state index is -0.809. The second-order valence-electron chi connectivity index (χ2n) is 6.45. The molecule has 1 fully saturated rings. The van der Waals surface area contributed by atoms with Gasteiger partial charge in [-0.1, -0.05) is 12.1 Å². The Hall–Kier alpha value is -2.50. The van der Waals surface area contributed by atoms with Gasteiger partial charge < -0.3 is 4.79 Å². The van der Waals surface area contributed by atoms with Crippen LogP contribution in [0.5, 0.6) is 0 Å². The van der Waals surface area contributed by atoms with Crippen LogP contribution in [0.1, 0.15) is 37.8 Å². The van der Waals surface area contributed by atoms with Gasteiger partial charge in [-0.3, -0.25) is 24.6 Å². The molecule has 6 heteroatoms. The van der Waals surface area contributed by atoms with Crippen molar-refractivity contribution in [2.75, 3.05) is 4.90 Å². The minimum Gasteiger partial charge on any atom is -0.303 e. The highest BCUT2D eigenvalue weighted by atomic mass is 16.2. The molecule has 0 aromatic heterocycles. The number of rotatable bonds is 3. The standard InChI is InChI=1S/C17H18N2O4/c1-17(2)14-10(8-9-20)4-3-5-11(14)19(16(17)23)12-6-7-13(21)18-15(12)22/h3-5,9,12H,6-8H2,1-2H3,(H,18,21,22). The van der Waals surface area contributed by atoms with Crippen LogP contribution in [0, 0.1) is 0 Å². The fourth-order valence-corrected chi connectivity index (χ4v) is 3.52. The van der Waals surface area contributed by atoms with Gasteiger partial charge in [0.05, 0.1) is 5.41 Å². The lowest BCUT2D eigenvalue weighted by atomic mass is 9.82. The Bertz CT molecular complexity index is 723. The molecule has 0 radical (unpaired) electrons. The summed E-state index contributed by atoms with van der Waals surface area (Å²) in [5.41, 5.74) is 1.44. The van der Waals surface area contributed by atoms with Crippen molar-refractivity contribution in [2.24, 2.45) is 0 Å². The van der Waals surface area contributed by atoms with E-state index in [4.69, 9.17) is 0 Å². The van der Waals surface area contributed by atoms with Gasteiger partial charge in [-0.15, -0.1) is 0 Å². The lowest BCUT2D eigenvalue weighted by molar-refractivity contribution is -0.136. The summed E-state index contributed by atoms with van der Waals surface area (Å²) in [4.78, 5) is 48.9. The summed E-state index contributed by atoms with van der Waals surface area (Å²) in [7, 11) is 0. The van der Waals surface area contributed by atoms with E-state index in [1.165, 1.54) is 4.90 Å². The SMILES string of the molecule is CC1(C)C(=O)N(C2CCC(=O)NC2=O)c2cccc(CC=O)c21. The zero-order valence-corrected chi connectivity index (χ0v) is 13.1. The van der Waals surface area contributed by atoms with E-state index in [1.54, 1.807) is 26.0 Å². The lowest BCUT2D eigenvalue weighted by Crippen LogP contribution is -2.55. The van der Waals surface area contributed by atoms with E-state index < -0.39 is 17.4 Å². The van der Waals surface area contributed by atoms with E-state index in [0.29, 0.717) is 12.1 Å². The highest BCUT2D eigenvalue weighted by molar-refractivity contribution is 6.14. The van der Waals surface area contributed by atoms with Crippen LogP contribution < -0.4 is 10.2 Å². The number of piperidine rings is 1. The van der Waals surface area contributed by atoms with Crippen LogP contribution in [0.3, 0.4) is 0 Å². The molecule has 23 heavy (non-hydrogen) atoms. The molecule has 3 amide bonds. The number of carbonyl (C=O) groups excluding carboxylic acids is 4. The first kappa shape index (κ1) is 15.4. The number of fused-ring (bicyclic) bond motifs is 1. The molecule has 2 aliphatic rings. The first-order valence-electron chi connectivity index (χ1n) is 7.61. The predicted octanol–water partition coefficient (Wildman–Crippen LogP) is 0.857. The van der Waals surface area contributed by atoms with E-state index >= 15 is 0 Å². The van der Waals surface area contributed by atoms with Crippen molar-refractivity contribution in [1.82, 2.24) is 5.32 Å². The summed E-state index contributed by atoms with van der Waals surface area (Å²) in [5.74, 6) is -0.938. The first-order valence-corrected chi connectivity index (χ1v) is 7.61. The highest BCUT2D eigenvalue weighted by Gasteiger charge is 2.49. The van der Waals surface area contributed by atoms with Gasteiger partial charge in [-0.05, 0) is 37.5 Å². The fraction of sp³-hybridized carbons (Fsp3) is 0.412. The second-order valence-corrected chi connectivity index (χ2v) is 6.45. The van der Waals surface area contributed by atoms with Crippen molar-refractivity contribution in [2.45, 2.75) is 44.6 Å². The Morgan fingerprint density at radius 2 is 2.04 bits per heavy atom. The van der Waals surface area contributed by atoms with Crippen molar-refractivity contribution < 1.29 is 19.2 Å². The smallest absolute Gasteiger partial charge is 0.249 e. The van der Waals surface area contributed by atoms with Crippen molar-refractivity contribution in [3.05, 3.63) is 29.3 Å². The molecule has 3 rings (SSSR count). The van der Waals surface area contributed by atoms with Crippen LogP contribution in [0.4, 0.5) is 5.69 Å². The van der Waals surface area contributed by atoms with Crippen molar-refractivity contribution in [3.63, 3.8) is 0 Å². The number of aldehydes is 1. The van der Waals surface area contributed by atoms with Crippen LogP contribution in [-0.4, -0.2) is 30.0 Å². The van der Waals surface area contributed by atoms with Gasteiger partial charge >= 0.3 is 0 Å². The molecule has 1 atom stereocenters. The molecule has 0 bridgehead atoms. The quantitative estimate of drug-likeness (QED) is 0.662. The van der Waals surface area contributed by atoms with Gasteiger partial charge in [0.1, 0.15) is 12.3 Å². The van der Waals surface area contributed by atoms with E-state index in [2.05, 4.69) is 5.32 Å². The van der Waals surface area contributed by atoms with Crippen LogP contribution in [0.25, 0.3) is 0 Å². The molecule has 0 spiro atoms. The maximum absolute atomic E-state index is 12.9. The third-order valence-electron chi connectivity index (χ3n) is 4.59. The summed E-state index contributed by atoms with van der Waals surface area (Å²) in [6.07, 6.45) is 1.56. The minimum absolute atomic E-state index is 0.180. The largest absolute Gasteiger partial charge is 0.303 e. The third kappa shape index (κ3) is 2.25. The van der Waals surface area contributed by atoms with Crippen LogP contribution in [0.15, 0.2) is 18.2 Å². The second kappa shape index (κ2) is 5.30. The molecule has 0 saturated carbocycles. The molecule has 0 aliphatic carbocycles. The normalized spacial score (nSPS) is 22.8. The molecule has 1 unspecified atom stereocenters. The molecular formula is C17H18N2O4. The Kier molecular flexibility index (Phi) is 3.55. The van der Waals surface area contributed by atoms with E-state index in [9.17, 15) is 19.2 Å². The summed E-state index contributed by atoms with van der Waals surface area (Å²) >= 11 is 0. The molecule has 120 valence electrons. The van der Waals surface area contributed by atoms with Gasteiger partial charge in [-0.2, -0.15) is 0 Å². The molecule has 1 aromatic carbocycles. The average molecular weight is 314 g/mol. The number of amides is 3. The Morgan fingerprint density at radius 1 is 1.30 bits per heavy atom. The number of nitrogens with zero attached hydrogens (tertiary/aromatic N) is 1. The number of hydrogen-bond donors (Lipinski definition) is 1. The van der Waals surface area contributed by atoms with Gasteiger partial charge in [-0.25, -0.2) is 0 Å². The number of imide groups is 1. The summed E-state index contributed by atoms with van der Waals surface area (Å²) in [6, 6.07) is 4.72. The van der Waals surface area contributed by atoms with E-state index in [0.717, 1.165) is 17.4 Å².